The maximum atomic E-state index is 9.73. The van der Waals surface area contributed by atoms with Gasteiger partial charge in [-0.3, -0.25) is 0 Å². The molecule has 1 saturated carbocycles. The summed E-state index contributed by atoms with van der Waals surface area (Å²) in [6, 6.07) is 0.642. The zero-order chi connectivity index (χ0) is 12.1. The van der Waals surface area contributed by atoms with Crippen molar-refractivity contribution >= 4 is 0 Å². The Morgan fingerprint density at radius 1 is 1.06 bits per heavy atom. The van der Waals surface area contributed by atoms with Crippen LogP contribution in [0.4, 0.5) is 0 Å². The predicted octanol–water partition coefficient (Wildman–Crippen LogP) is 2.81. The molecule has 0 aromatic heterocycles. The van der Waals surface area contributed by atoms with E-state index in [0.29, 0.717) is 12.0 Å². The molecule has 2 N–H and O–H groups in total. The number of rotatable bonds is 5. The number of nitrogens with one attached hydrogen (secondary N) is 1. The van der Waals surface area contributed by atoms with Gasteiger partial charge in [0.15, 0.2) is 0 Å². The standard InChI is InChI=1S/C14H29NO/c1-10(2)12-5-7-13(8-6-12)15-9-14(16)11(3)4/h10-16H,5-9H2,1-4H3. The van der Waals surface area contributed by atoms with Crippen LogP contribution >= 0.6 is 0 Å². The Labute approximate surface area is 101 Å². The highest BCUT2D eigenvalue weighted by atomic mass is 16.3. The van der Waals surface area contributed by atoms with Crippen molar-refractivity contribution < 1.29 is 5.11 Å². The largest absolute Gasteiger partial charge is 0.392 e. The number of aliphatic hydroxyl groups is 1. The maximum Gasteiger partial charge on any atom is 0.0687 e. The minimum Gasteiger partial charge on any atom is -0.392 e. The molecule has 2 nitrogen and oxygen atoms in total. The van der Waals surface area contributed by atoms with E-state index < -0.39 is 0 Å². The summed E-state index contributed by atoms with van der Waals surface area (Å²) in [5, 5.41) is 13.2. The van der Waals surface area contributed by atoms with E-state index in [1.165, 1.54) is 25.7 Å². The van der Waals surface area contributed by atoms with Gasteiger partial charge in [0.2, 0.25) is 0 Å². The predicted molar refractivity (Wildman–Crippen MR) is 69.4 cm³/mol. The number of hydrogen-bond acceptors (Lipinski definition) is 2. The minimum absolute atomic E-state index is 0.192. The Morgan fingerprint density at radius 2 is 1.62 bits per heavy atom. The zero-order valence-electron chi connectivity index (χ0n) is 11.4. The molecule has 0 radical (unpaired) electrons. The Morgan fingerprint density at radius 3 is 2.06 bits per heavy atom. The van der Waals surface area contributed by atoms with Crippen molar-refractivity contribution in [1.29, 1.82) is 0 Å². The van der Waals surface area contributed by atoms with Crippen LogP contribution in [0.3, 0.4) is 0 Å². The van der Waals surface area contributed by atoms with Gasteiger partial charge in [0.05, 0.1) is 6.10 Å². The highest BCUT2D eigenvalue weighted by molar-refractivity contribution is 4.79. The molecule has 0 saturated heterocycles. The highest BCUT2D eigenvalue weighted by Gasteiger charge is 2.23. The van der Waals surface area contributed by atoms with E-state index in [4.69, 9.17) is 0 Å². The molecule has 96 valence electrons. The molecular weight excluding hydrogens is 198 g/mol. The lowest BCUT2D eigenvalue weighted by atomic mass is 9.79. The molecule has 1 aliphatic rings. The molecule has 0 aliphatic heterocycles. The second kappa shape index (κ2) is 6.61. The Balaban J connectivity index is 2.17. The summed E-state index contributed by atoms with van der Waals surface area (Å²) in [4.78, 5) is 0. The van der Waals surface area contributed by atoms with Gasteiger partial charge in [0, 0.05) is 12.6 Å². The lowest BCUT2D eigenvalue weighted by Crippen LogP contribution is -2.40. The molecule has 1 atom stereocenters. The van der Waals surface area contributed by atoms with Crippen LogP contribution in [0.15, 0.2) is 0 Å². The van der Waals surface area contributed by atoms with Crippen LogP contribution in [-0.4, -0.2) is 23.8 Å². The smallest absolute Gasteiger partial charge is 0.0687 e. The SMILES string of the molecule is CC(C)C(O)CNC1CCC(C(C)C)CC1. The third-order valence-corrected chi connectivity index (χ3v) is 4.10. The average molecular weight is 227 g/mol. The van der Waals surface area contributed by atoms with E-state index in [1.54, 1.807) is 0 Å². The Bertz CT molecular complexity index is 183. The first kappa shape index (κ1) is 14.0. The third kappa shape index (κ3) is 4.42. The quantitative estimate of drug-likeness (QED) is 0.757. The van der Waals surface area contributed by atoms with Crippen LogP contribution in [0.2, 0.25) is 0 Å². The van der Waals surface area contributed by atoms with Crippen LogP contribution in [0.5, 0.6) is 0 Å². The van der Waals surface area contributed by atoms with E-state index in [1.807, 2.05) is 0 Å². The Kier molecular flexibility index (Phi) is 5.77. The number of aliphatic hydroxyl groups excluding tert-OH is 1. The molecular formula is C14H29NO. The molecule has 16 heavy (non-hydrogen) atoms. The summed E-state index contributed by atoms with van der Waals surface area (Å²) in [7, 11) is 0. The van der Waals surface area contributed by atoms with Crippen molar-refractivity contribution in [2.75, 3.05) is 6.54 Å². The van der Waals surface area contributed by atoms with Crippen molar-refractivity contribution in [2.45, 2.75) is 65.5 Å². The van der Waals surface area contributed by atoms with E-state index in [0.717, 1.165) is 18.4 Å². The van der Waals surface area contributed by atoms with Crippen LogP contribution in [0.25, 0.3) is 0 Å². The fourth-order valence-corrected chi connectivity index (χ4v) is 2.51. The molecule has 0 aromatic rings. The van der Waals surface area contributed by atoms with Crippen molar-refractivity contribution in [1.82, 2.24) is 5.32 Å². The molecule has 1 fully saturated rings. The maximum absolute atomic E-state index is 9.73. The molecule has 0 heterocycles. The van der Waals surface area contributed by atoms with Crippen LogP contribution in [-0.2, 0) is 0 Å². The summed E-state index contributed by atoms with van der Waals surface area (Å²) in [5.74, 6) is 2.12. The molecule has 1 unspecified atom stereocenters. The second-order valence-electron chi connectivity index (χ2n) is 6.08. The number of hydrogen-bond donors (Lipinski definition) is 2. The minimum atomic E-state index is -0.192. The van der Waals surface area contributed by atoms with Crippen molar-refractivity contribution in [3.8, 4) is 0 Å². The second-order valence-corrected chi connectivity index (χ2v) is 6.08. The topological polar surface area (TPSA) is 32.3 Å². The first-order valence-electron chi connectivity index (χ1n) is 6.92. The Hall–Kier alpha value is -0.0800. The van der Waals surface area contributed by atoms with Gasteiger partial charge in [0.25, 0.3) is 0 Å². The van der Waals surface area contributed by atoms with Gasteiger partial charge in [-0.2, -0.15) is 0 Å². The van der Waals surface area contributed by atoms with Crippen molar-refractivity contribution in [2.24, 2.45) is 17.8 Å². The fourth-order valence-electron chi connectivity index (χ4n) is 2.51. The molecule has 0 amide bonds. The summed E-state index contributed by atoms with van der Waals surface area (Å²) >= 11 is 0. The van der Waals surface area contributed by atoms with Gasteiger partial charge >= 0.3 is 0 Å². The summed E-state index contributed by atoms with van der Waals surface area (Å²) < 4.78 is 0. The summed E-state index contributed by atoms with van der Waals surface area (Å²) in [6.07, 6.45) is 5.09. The third-order valence-electron chi connectivity index (χ3n) is 4.10. The van der Waals surface area contributed by atoms with E-state index >= 15 is 0 Å². The molecule has 0 spiro atoms. The van der Waals surface area contributed by atoms with Crippen LogP contribution < -0.4 is 5.32 Å². The summed E-state index contributed by atoms with van der Waals surface area (Å²) in [6.45, 7) is 9.57. The monoisotopic (exact) mass is 227 g/mol. The summed E-state index contributed by atoms with van der Waals surface area (Å²) in [5.41, 5.74) is 0. The lowest BCUT2D eigenvalue weighted by molar-refractivity contribution is 0.114. The first-order valence-corrected chi connectivity index (χ1v) is 6.92. The molecule has 2 heteroatoms. The van der Waals surface area contributed by atoms with Gasteiger partial charge in [-0.15, -0.1) is 0 Å². The van der Waals surface area contributed by atoms with E-state index in [9.17, 15) is 5.11 Å². The van der Waals surface area contributed by atoms with Gasteiger partial charge in [-0.05, 0) is 43.4 Å². The zero-order valence-corrected chi connectivity index (χ0v) is 11.4. The average Bonchev–Trinajstić information content (AvgIpc) is 2.26. The van der Waals surface area contributed by atoms with Crippen molar-refractivity contribution in [3.05, 3.63) is 0 Å². The van der Waals surface area contributed by atoms with Gasteiger partial charge in [-0.1, -0.05) is 27.7 Å². The van der Waals surface area contributed by atoms with Crippen molar-refractivity contribution in [3.63, 3.8) is 0 Å². The molecule has 0 bridgehead atoms. The molecule has 0 aromatic carbocycles. The fraction of sp³-hybridized carbons (Fsp3) is 1.00. The van der Waals surface area contributed by atoms with Crippen LogP contribution in [0, 0.1) is 17.8 Å². The van der Waals surface area contributed by atoms with E-state index in [-0.39, 0.29) is 6.10 Å². The van der Waals surface area contributed by atoms with E-state index in [2.05, 4.69) is 33.0 Å². The lowest BCUT2D eigenvalue weighted by Gasteiger charge is -2.32. The highest BCUT2D eigenvalue weighted by Crippen LogP contribution is 2.29. The first-order chi connectivity index (χ1) is 7.50. The normalized spacial score (nSPS) is 28.7. The molecule has 1 rings (SSSR count). The van der Waals surface area contributed by atoms with Gasteiger partial charge in [0.1, 0.15) is 0 Å². The molecule has 1 aliphatic carbocycles. The van der Waals surface area contributed by atoms with Crippen LogP contribution in [0.1, 0.15) is 53.4 Å². The van der Waals surface area contributed by atoms with Gasteiger partial charge < -0.3 is 10.4 Å². The van der Waals surface area contributed by atoms with Gasteiger partial charge in [-0.25, -0.2) is 0 Å².